The van der Waals surface area contributed by atoms with Crippen molar-refractivity contribution >= 4 is 34.8 Å². The number of rotatable bonds is 3. The lowest BCUT2D eigenvalue weighted by atomic mass is 10.2. The van der Waals surface area contributed by atoms with Gasteiger partial charge in [-0.05, 0) is 11.2 Å². The summed E-state index contributed by atoms with van der Waals surface area (Å²) in [5, 5.41) is 1.99. The van der Waals surface area contributed by atoms with Crippen molar-refractivity contribution < 1.29 is 4.74 Å². The number of nitrogens with two attached hydrogens (primary N) is 1. The van der Waals surface area contributed by atoms with Crippen molar-refractivity contribution in [1.82, 2.24) is 0 Å². The SMILES string of the molecule is CC(C)COc1c(P)ccc(P)c1N. The minimum atomic E-state index is 0.506. The molecule has 0 fully saturated rings. The van der Waals surface area contributed by atoms with Crippen molar-refractivity contribution in [3.63, 3.8) is 0 Å². The number of hydrogen-bond acceptors (Lipinski definition) is 2. The molecule has 0 saturated carbocycles. The first-order valence-corrected chi connectivity index (χ1v) is 5.74. The Hall–Kier alpha value is -0.320. The standard InChI is InChI=1S/C10H17NOP2/c1-6(2)5-12-10-8(14)4-3-7(13)9(10)11/h3-4,6H,5,11,13-14H2,1-2H3. The molecule has 0 aliphatic heterocycles. The third-order valence-electron chi connectivity index (χ3n) is 1.82. The second-order valence-electron chi connectivity index (χ2n) is 3.69. The van der Waals surface area contributed by atoms with Crippen molar-refractivity contribution in [3.8, 4) is 5.75 Å². The van der Waals surface area contributed by atoms with Gasteiger partial charge in [0, 0.05) is 5.30 Å². The molecule has 0 aliphatic rings. The fourth-order valence-electron chi connectivity index (χ4n) is 1.04. The first-order chi connectivity index (χ1) is 6.52. The molecule has 0 spiro atoms. The van der Waals surface area contributed by atoms with Crippen molar-refractivity contribution in [3.05, 3.63) is 12.1 Å². The van der Waals surface area contributed by atoms with Gasteiger partial charge >= 0.3 is 0 Å². The Balaban J connectivity index is 2.89. The molecule has 4 heteroatoms. The van der Waals surface area contributed by atoms with Gasteiger partial charge in [-0.2, -0.15) is 0 Å². The normalized spacial score (nSPS) is 10.6. The summed E-state index contributed by atoms with van der Waals surface area (Å²) < 4.78 is 5.65. The molecular weight excluding hydrogens is 212 g/mol. The summed E-state index contributed by atoms with van der Waals surface area (Å²) in [6.07, 6.45) is 0. The van der Waals surface area contributed by atoms with Crippen LogP contribution in [0.1, 0.15) is 13.8 Å². The van der Waals surface area contributed by atoms with Crippen LogP contribution in [0.4, 0.5) is 5.69 Å². The summed E-state index contributed by atoms with van der Waals surface area (Å²) in [7, 11) is 5.24. The number of anilines is 1. The molecule has 0 heterocycles. The third-order valence-corrected chi connectivity index (χ3v) is 2.78. The summed E-state index contributed by atoms with van der Waals surface area (Å²) in [5.41, 5.74) is 6.62. The molecule has 0 bridgehead atoms. The maximum absolute atomic E-state index is 5.91. The third kappa shape index (κ3) is 2.83. The monoisotopic (exact) mass is 229 g/mol. The topological polar surface area (TPSA) is 35.2 Å². The maximum atomic E-state index is 5.91. The van der Waals surface area contributed by atoms with E-state index in [1.807, 2.05) is 12.1 Å². The van der Waals surface area contributed by atoms with Gasteiger partial charge in [-0.25, -0.2) is 0 Å². The van der Waals surface area contributed by atoms with Gasteiger partial charge in [0.05, 0.1) is 12.3 Å². The van der Waals surface area contributed by atoms with Crippen LogP contribution >= 0.6 is 18.5 Å². The Morgan fingerprint density at radius 2 is 1.86 bits per heavy atom. The van der Waals surface area contributed by atoms with Crippen LogP contribution in [0.3, 0.4) is 0 Å². The van der Waals surface area contributed by atoms with E-state index in [1.165, 1.54) is 0 Å². The lowest BCUT2D eigenvalue weighted by Gasteiger charge is -2.14. The summed E-state index contributed by atoms with van der Waals surface area (Å²) in [6.45, 7) is 4.92. The number of benzene rings is 1. The molecule has 2 atom stereocenters. The lowest BCUT2D eigenvalue weighted by Crippen LogP contribution is -2.15. The first-order valence-electron chi connectivity index (χ1n) is 4.58. The number of ether oxygens (including phenoxy) is 1. The molecule has 1 aromatic rings. The van der Waals surface area contributed by atoms with Gasteiger partial charge < -0.3 is 10.5 Å². The summed E-state index contributed by atoms with van der Waals surface area (Å²) in [4.78, 5) is 0. The van der Waals surface area contributed by atoms with Gasteiger partial charge in [0.2, 0.25) is 0 Å². The molecule has 1 rings (SSSR count). The second kappa shape index (κ2) is 4.96. The summed E-state index contributed by atoms with van der Waals surface area (Å²) in [5.74, 6) is 1.29. The molecule has 1 aromatic carbocycles. The van der Waals surface area contributed by atoms with Gasteiger partial charge in [-0.1, -0.05) is 26.0 Å². The average molecular weight is 229 g/mol. The molecule has 2 N–H and O–H groups in total. The van der Waals surface area contributed by atoms with Gasteiger partial charge in [0.1, 0.15) is 5.75 Å². The van der Waals surface area contributed by atoms with Crippen LogP contribution in [0.25, 0.3) is 0 Å². The van der Waals surface area contributed by atoms with Crippen LogP contribution in [0.2, 0.25) is 0 Å². The molecule has 0 aromatic heterocycles. The van der Waals surface area contributed by atoms with Gasteiger partial charge in [0.25, 0.3) is 0 Å². The maximum Gasteiger partial charge on any atom is 0.149 e. The highest BCUT2D eigenvalue weighted by atomic mass is 31.0. The van der Waals surface area contributed by atoms with Crippen LogP contribution in [-0.4, -0.2) is 6.61 Å². The lowest BCUT2D eigenvalue weighted by molar-refractivity contribution is 0.275. The predicted molar refractivity (Wildman–Crippen MR) is 69.9 cm³/mol. The fourth-order valence-corrected chi connectivity index (χ4v) is 1.61. The van der Waals surface area contributed by atoms with Crippen molar-refractivity contribution in [2.24, 2.45) is 5.92 Å². The Labute approximate surface area is 90.0 Å². The van der Waals surface area contributed by atoms with Crippen LogP contribution in [0.5, 0.6) is 5.75 Å². The quantitative estimate of drug-likeness (QED) is 0.626. The molecule has 0 aliphatic carbocycles. The van der Waals surface area contributed by atoms with Crippen LogP contribution in [0, 0.1) is 5.92 Å². The largest absolute Gasteiger partial charge is 0.490 e. The van der Waals surface area contributed by atoms with Crippen LogP contribution in [0.15, 0.2) is 12.1 Å². The average Bonchev–Trinajstić information content (AvgIpc) is 2.11. The van der Waals surface area contributed by atoms with Crippen LogP contribution in [-0.2, 0) is 0 Å². The molecule has 2 unspecified atom stereocenters. The van der Waals surface area contributed by atoms with E-state index in [0.29, 0.717) is 18.2 Å². The Morgan fingerprint density at radius 3 is 2.43 bits per heavy atom. The smallest absolute Gasteiger partial charge is 0.149 e. The zero-order valence-corrected chi connectivity index (χ0v) is 10.9. The molecule has 0 radical (unpaired) electrons. The van der Waals surface area contributed by atoms with Crippen LogP contribution < -0.4 is 21.1 Å². The highest BCUT2D eigenvalue weighted by molar-refractivity contribution is 7.29. The van der Waals surface area contributed by atoms with Crippen molar-refractivity contribution in [2.75, 3.05) is 12.3 Å². The van der Waals surface area contributed by atoms with E-state index >= 15 is 0 Å². The molecule has 0 saturated heterocycles. The van der Waals surface area contributed by atoms with E-state index in [0.717, 1.165) is 16.4 Å². The zero-order chi connectivity index (χ0) is 10.7. The molecule has 14 heavy (non-hydrogen) atoms. The minimum Gasteiger partial charge on any atom is -0.490 e. The van der Waals surface area contributed by atoms with Gasteiger partial charge in [0.15, 0.2) is 0 Å². The first kappa shape index (κ1) is 11.8. The summed E-state index contributed by atoms with van der Waals surface area (Å²) >= 11 is 0. The highest BCUT2D eigenvalue weighted by Crippen LogP contribution is 2.20. The van der Waals surface area contributed by atoms with Gasteiger partial charge in [-0.3, -0.25) is 0 Å². The molecule has 0 amide bonds. The molecular formula is C10H17NOP2. The van der Waals surface area contributed by atoms with E-state index in [4.69, 9.17) is 10.5 Å². The number of nitrogen functional groups attached to an aromatic ring is 1. The van der Waals surface area contributed by atoms with E-state index in [1.54, 1.807) is 0 Å². The fraction of sp³-hybridized carbons (Fsp3) is 0.400. The predicted octanol–water partition coefficient (Wildman–Crippen LogP) is 1.30. The molecule has 2 nitrogen and oxygen atoms in total. The summed E-state index contributed by atoms with van der Waals surface area (Å²) in [6, 6.07) is 3.95. The minimum absolute atomic E-state index is 0.506. The number of hydrogen-bond donors (Lipinski definition) is 1. The molecule has 78 valence electrons. The Morgan fingerprint density at radius 1 is 1.29 bits per heavy atom. The van der Waals surface area contributed by atoms with E-state index in [-0.39, 0.29) is 0 Å². The zero-order valence-electron chi connectivity index (χ0n) is 8.58. The Bertz CT molecular complexity index is 326. The highest BCUT2D eigenvalue weighted by Gasteiger charge is 2.07. The van der Waals surface area contributed by atoms with Crippen molar-refractivity contribution in [1.29, 1.82) is 0 Å². The van der Waals surface area contributed by atoms with E-state index < -0.39 is 0 Å². The van der Waals surface area contributed by atoms with Gasteiger partial charge in [-0.15, -0.1) is 18.5 Å². The Kier molecular flexibility index (Phi) is 4.16. The van der Waals surface area contributed by atoms with Crippen molar-refractivity contribution in [2.45, 2.75) is 13.8 Å². The van der Waals surface area contributed by atoms with E-state index in [2.05, 4.69) is 32.3 Å². The van der Waals surface area contributed by atoms with E-state index in [9.17, 15) is 0 Å². The second-order valence-corrected chi connectivity index (χ2v) is 4.94.